The van der Waals surface area contributed by atoms with Crippen molar-refractivity contribution < 1.29 is 13.2 Å². The van der Waals surface area contributed by atoms with Gasteiger partial charge in [-0.05, 0) is 64.8 Å². The Labute approximate surface area is 182 Å². The van der Waals surface area contributed by atoms with Gasteiger partial charge in [-0.2, -0.15) is 5.10 Å². The molecule has 31 heavy (non-hydrogen) atoms. The van der Waals surface area contributed by atoms with Crippen LogP contribution in [0, 0.1) is 6.92 Å². The molecule has 1 N–H and O–H groups in total. The molecule has 1 aliphatic carbocycles. The first kappa shape index (κ1) is 21.5. The van der Waals surface area contributed by atoms with Gasteiger partial charge in [-0.15, -0.1) is 0 Å². The lowest BCUT2D eigenvalue weighted by atomic mass is 10.1. The lowest BCUT2D eigenvalue weighted by Gasteiger charge is -2.20. The SMILES string of the molecule is CCS(=O)(=O)c1cccc(NC(=O)c2cc(C3CC3)nc3c2c(C)nn3C(C)(C)C)c1. The highest BCUT2D eigenvalue weighted by Crippen LogP contribution is 2.41. The van der Waals surface area contributed by atoms with Gasteiger partial charge in [0.1, 0.15) is 0 Å². The molecule has 7 nitrogen and oxygen atoms in total. The van der Waals surface area contributed by atoms with Crippen molar-refractivity contribution in [3.8, 4) is 0 Å². The maximum atomic E-state index is 13.3. The highest BCUT2D eigenvalue weighted by atomic mass is 32.2. The molecule has 8 heteroatoms. The minimum absolute atomic E-state index is 0.00527. The van der Waals surface area contributed by atoms with Gasteiger partial charge < -0.3 is 5.32 Å². The fraction of sp³-hybridized carbons (Fsp3) is 0.435. The van der Waals surface area contributed by atoms with Gasteiger partial charge in [-0.3, -0.25) is 4.79 Å². The van der Waals surface area contributed by atoms with Crippen LogP contribution in [-0.4, -0.2) is 34.8 Å². The average Bonchev–Trinajstić information content (AvgIpc) is 3.50. The fourth-order valence-corrected chi connectivity index (χ4v) is 4.60. The lowest BCUT2D eigenvalue weighted by Crippen LogP contribution is -2.23. The Morgan fingerprint density at radius 3 is 2.55 bits per heavy atom. The first-order chi connectivity index (χ1) is 14.5. The predicted molar refractivity (Wildman–Crippen MR) is 121 cm³/mol. The number of aromatic nitrogens is 3. The van der Waals surface area contributed by atoms with E-state index < -0.39 is 9.84 Å². The number of carbonyl (C=O) groups excluding carboxylic acids is 1. The van der Waals surface area contributed by atoms with E-state index in [1.54, 1.807) is 25.1 Å². The Hall–Kier alpha value is -2.74. The molecule has 0 radical (unpaired) electrons. The summed E-state index contributed by atoms with van der Waals surface area (Å²) in [6.07, 6.45) is 2.14. The van der Waals surface area contributed by atoms with Crippen molar-refractivity contribution in [3.05, 3.63) is 47.3 Å². The zero-order valence-corrected chi connectivity index (χ0v) is 19.4. The molecule has 0 unspecified atom stereocenters. The molecule has 0 aliphatic heterocycles. The average molecular weight is 441 g/mol. The molecule has 2 heterocycles. The van der Waals surface area contributed by atoms with Crippen LogP contribution in [0.5, 0.6) is 0 Å². The summed E-state index contributed by atoms with van der Waals surface area (Å²) in [6, 6.07) is 8.24. The number of nitrogens with one attached hydrogen (secondary N) is 1. The van der Waals surface area contributed by atoms with Gasteiger partial charge in [0.2, 0.25) is 0 Å². The van der Waals surface area contributed by atoms with Gasteiger partial charge in [0.25, 0.3) is 5.91 Å². The van der Waals surface area contributed by atoms with Crippen LogP contribution in [0.25, 0.3) is 11.0 Å². The number of sulfone groups is 1. The number of aryl methyl sites for hydroxylation is 1. The Morgan fingerprint density at radius 2 is 1.94 bits per heavy atom. The molecule has 1 saturated carbocycles. The number of hydrogen-bond acceptors (Lipinski definition) is 5. The molecular formula is C23H28N4O3S. The van der Waals surface area contributed by atoms with Gasteiger partial charge in [-0.1, -0.05) is 13.0 Å². The van der Waals surface area contributed by atoms with E-state index in [-0.39, 0.29) is 22.1 Å². The Balaban J connectivity index is 1.80. The van der Waals surface area contributed by atoms with Crippen molar-refractivity contribution in [2.24, 2.45) is 0 Å². The molecule has 2 aromatic heterocycles. The van der Waals surface area contributed by atoms with Crippen LogP contribution >= 0.6 is 0 Å². The molecule has 164 valence electrons. The first-order valence-corrected chi connectivity index (χ1v) is 12.2. The van der Waals surface area contributed by atoms with Crippen molar-refractivity contribution in [1.29, 1.82) is 0 Å². The molecule has 0 bridgehead atoms. The molecule has 1 fully saturated rings. The third kappa shape index (κ3) is 4.08. The minimum Gasteiger partial charge on any atom is -0.322 e. The molecule has 1 amide bonds. The number of pyridine rings is 1. The van der Waals surface area contributed by atoms with E-state index in [4.69, 9.17) is 4.98 Å². The topological polar surface area (TPSA) is 93.9 Å². The Morgan fingerprint density at radius 1 is 1.23 bits per heavy atom. The van der Waals surface area contributed by atoms with Crippen LogP contribution in [-0.2, 0) is 15.4 Å². The Bertz CT molecular complexity index is 1280. The second kappa shape index (κ2) is 7.44. The maximum Gasteiger partial charge on any atom is 0.256 e. The number of nitrogens with zero attached hydrogens (tertiary/aromatic N) is 3. The van der Waals surface area contributed by atoms with Crippen LogP contribution < -0.4 is 5.32 Å². The van der Waals surface area contributed by atoms with Crippen molar-refractivity contribution in [3.63, 3.8) is 0 Å². The highest BCUT2D eigenvalue weighted by molar-refractivity contribution is 7.91. The summed E-state index contributed by atoms with van der Waals surface area (Å²) >= 11 is 0. The van der Waals surface area contributed by atoms with Crippen LogP contribution in [0.4, 0.5) is 5.69 Å². The highest BCUT2D eigenvalue weighted by Gasteiger charge is 2.30. The molecule has 0 spiro atoms. The molecular weight excluding hydrogens is 412 g/mol. The summed E-state index contributed by atoms with van der Waals surface area (Å²) in [5, 5.41) is 8.30. The van der Waals surface area contributed by atoms with Crippen LogP contribution in [0.1, 0.15) is 68.2 Å². The summed E-state index contributed by atoms with van der Waals surface area (Å²) in [4.78, 5) is 18.4. The third-order valence-corrected chi connectivity index (χ3v) is 7.27. The fourth-order valence-electron chi connectivity index (χ4n) is 3.68. The number of rotatable bonds is 5. The zero-order valence-electron chi connectivity index (χ0n) is 18.6. The third-order valence-electron chi connectivity index (χ3n) is 5.54. The monoisotopic (exact) mass is 440 g/mol. The van der Waals surface area contributed by atoms with E-state index >= 15 is 0 Å². The normalized spacial score (nSPS) is 14.7. The van der Waals surface area contributed by atoms with E-state index in [0.717, 1.165) is 29.6 Å². The number of carbonyl (C=O) groups is 1. The maximum absolute atomic E-state index is 13.3. The molecule has 0 atom stereocenters. The van der Waals surface area contributed by atoms with Crippen molar-refractivity contribution in [1.82, 2.24) is 14.8 Å². The van der Waals surface area contributed by atoms with Gasteiger partial charge in [0.05, 0.1) is 32.8 Å². The summed E-state index contributed by atoms with van der Waals surface area (Å²) in [5.74, 6) is 0.0835. The Kier molecular flexibility index (Phi) is 5.16. The van der Waals surface area contributed by atoms with Gasteiger partial charge >= 0.3 is 0 Å². The number of hydrogen-bond donors (Lipinski definition) is 1. The van der Waals surface area contributed by atoms with Crippen molar-refractivity contribution in [2.75, 3.05) is 11.1 Å². The largest absolute Gasteiger partial charge is 0.322 e. The number of anilines is 1. The van der Waals surface area contributed by atoms with Crippen molar-refractivity contribution >= 4 is 32.5 Å². The van der Waals surface area contributed by atoms with E-state index in [9.17, 15) is 13.2 Å². The first-order valence-electron chi connectivity index (χ1n) is 10.6. The quantitative estimate of drug-likeness (QED) is 0.634. The lowest BCUT2D eigenvalue weighted by molar-refractivity contribution is 0.102. The molecule has 1 aliphatic rings. The zero-order chi connectivity index (χ0) is 22.6. The van der Waals surface area contributed by atoms with E-state index in [1.807, 2.05) is 17.7 Å². The van der Waals surface area contributed by atoms with Crippen molar-refractivity contribution in [2.45, 2.75) is 63.8 Å². The number of benzene rings is 1. The number of amides is 1. The van der Waals surface area contributed by atoms with Gasteiger partial charge in [-0.25, -0.2) is 18.1 Å². The van der Waals surface area contributed by atoms with E-state index in [1.165, 1.54) is 6.07 Å². The summed E-state index contributed by atoms with van der Waals surface area (Å²) < 4.78 is 26.3. The molecule has 0 saturated heterocycles. The second-order valence-electron chi connectivity index (χ2n) is 9.12. The van der Waals surface area contributed by atoms with Gasteiger partial charge in [0.15, 0.2) is 15.5 Å². The molecule has 4 rings (SSSR count). The molecule has 1 aromatic carbocycles. The van der Waals surface area contributed by atoms with E-state index in [2.05, 4.69) is 31.2 Å². The second-order valence-corrected chi connectivity index (χ2v) is 11.4. The summed E-state index contributed by atoms with van der Waals surface area (Å²) in [7, 11) is -3.36. The summed E-state index contributed by atoms with van der Waals surface area (Å²) in [5.41, 5.74) is 3.04. The predicted octanol–water partition coefficient (Wildman–Crippen LogP) is 4.42. The summed E-state index contributed by atoms with van der Waals surface area (Å²) in [6.45, 7) is 9.66. The smallest absolute Gasteiger partial charge is 0.256 e. The van der Waals surface area contributed by atoms with Crippen LogP contribution in [0.3, 0.4) is 0 Å². The minimum atomic E-state index is -3.36. The number of fused-ring (bicyclic) bond motifs is 1. The standard InChI is InChI=1S/C23H28N4O3S/c1-6-31(29,30)17-9-7-8-16(12-17)24-22(28)18-13-19(15-10-11-15)25-21-20(18)14(2)26-27(21)23(3,4)5/h7-9,12-13,15H,6,10-11H2,1-5H3,(H,24,28). The van der Waals surface area contributed by atoms with Gasteiger partial charge in [0, 0.05) is 17.3 Å². The van der Waals surface area contributed by atoms with Crippen LogP contribution in [0.15, 0.2) is 35.2 Å². The molecule has 3 aromatic rings. The van der Waals surface area contributed by atoms with Crippen LogP contribution in [0.2, 0.25) is 0 Å². The van der Waals surface area contributed by atoms with E-state index in [0.29, 0.717) is 22.8 Å².